The molecule has 0 saturated heterocycles. The van der Waals surface area contributed by atoms with Gasteiger partial charge >= 0.3 is 6.18 Å². The van der Waals surface area contributed by atoms with Gasteiger partial charge in [0.2, 0.25) is 0 Å². The summed E-state index contributed by atoms with van der Waals surface area (Å²) in [7, 11) is 0. The van der Waals surface area contributed by atoms with Crippen LogP contribution in [0.5, 0.6) is 0 Å². The molecule has 0 aliphatic heterocycles. The molecule has 0 N–H and O–H groups in total. The summed E-state index contributed by atoms with van der Waals surface area (Å²) in [5.74, 6) is 0. The molecule has 0 aliphatic rings. The van der Waals surface area contributed by atoms with Crippen molar-refractivity contribution in [1.29, 1.82) is 0 Å². The highest BCUT2D eigenvalue weighted by atomic mass is 32.1. The fraction of sp³-hybridized carbons (Fsp3) is 0.167. The molecule has 1 aromatic rings. The molecule has 0 aliphatic carbocycles. The second kappa shape index (κ2) is 2.27. The van der Waals surface area contributed by atoms with Crippen LogP contribution in [0.15, 0.2) is 12.1 Å². The SMILES string of the molecule is [CH2]c1ccc(C(F)(F)F)s1. The molecule has 10 heavy (non-hydrogen) atoms. The molecule has 55 valence electrons. The van der Waals surface area contributed by atoms with E-state index in [1.54, 1.807) is 0 Å². The lowest BCUT2D eigenvalue weighted by Crippen LogP contribution is -2.00. The minimum atomic E-state index is -4.21. The fourth-order valence-electron chi connectivity index (χ4n) is 0.530. The third-order valence-electron chi connectivity index (χ3n) is 0.941. The Hall–Kier alpha value is -0.510. The van der Waals surface area contributed by atoms with Crippen LogP contribution in [0.1, 0.15) is 9.75 Å². The third kappa shape index (κ3) is 1.50. The largest absolute Gasteiger partial charge is 0.425 e. The van der Waals surface area contributed by atoms with E-state index >= 15 is 0 Å². The van der Waals surface area contributed by atoms with Gasteiger partial charge in [-0.15, -0.1) is 11.3 Å². The van der Waals surface area contributed by atoms with E-state index in [1.807, 2.05) is 0 Å². The van der Waals surface area contributed by atoms with Gasteiger partial charge in [-0.1, -0.05) is 0 Å². The average molecular weight is 165 g/mol. The molecule has 1 aromatic heterocycles. The van der Waals surface area contributed by atoms with Crippen molar-refractivity contribution in [3.63, 3.8) is 0 Å². The number of hydrogen-bond acceptors (Lipinski definition) is 1. The third-order valence-corrected chi connectivity index (χ3v) is 1.93. The van der Waals surface area contributed by atoms with Crippen molar-refractivity contribution in [2.45, 2.75) is 6.18 Å². The summed E-state index contributed by atoms with van der Waals surface area (Å²) in [5, 5.41) is 0. The number of halogens is 3. The topological polar surface area (TPSA) is 0 Å². The van der Waals surface area contributed by atoms with E-state index in [2.05, 4.69) is 6.92 Å². The van der Waals surface area contributed by atoms with Gasteiger partial charge in [0.1, 0.15) is 4.88 Å². The number of rotatable bonds is 0. The van der Waals surface area contributed by atoms with Crippen molar-refractivity contribution in [3.05, 3.63) is 28.8 Å². The van der Waals surface area contributed by atoms with Crippen molar-refractivity contribution in [1.82, 2.24) is 0 Å². The van der Waals surface area contributed by atoms with E-state index in [0.29, 0.717) is 16.2 Å². The van der Waals surface area contributed by atoms with Gasteiger partial charge in [-0.25, -0.2) is 0 Å². The van der Waals surface area contributed by atoms with Crippen molar-refractivity contribution in [2.75, 3.05) is 0 Å². The summed E-state index contributed by atoms with van der Waals surface area (Å²) in [5.41, 5.74) is 0. The van der Waals surface area contributed by atoms with Gasteiger partial charge < -0.3 is 0 Å². The lowest BCUT2D eigenvalue weighted by Gasteiger charge is -1.99. The van der Waals surface area contributed by atoms with E-state index in [4.69, 9.17) is 0 Å². The molecule has 4 heteroatoms. The van der Waals surface area contributed by atoms with Gasteiger partial charge in [-0.2, -0.15) is 13.2 Å². The van der Waals surface area contributed by atoms with Crippen molar-refractivity contribution in [3.8, 4) is 0 Å². The van der Waals surface area contributed by atoms with Gasteiger partial charge in [0.25, 0.3) is 0 Å². The summed E-state index contributed by atoms with van der Waals surface area (Å²) in [4.78, 5) is -0.148. The lowest BCUT2D eigenvalue weighted by atomic mass is 10.4. The van der Waals surface area contributed by atoms with Gasteiger partial charge in [0, 0.05) is 4.88 Å². The van der Waals surface area contributed by atoms with Crippen molar-refractivity contribution in [2.24, 2.45) is 0 Å². The van der Waals surface area contributed by atoms with E-state index in [0.717, 1.165) is 6.07 Å². The van der Waals surface area contributed by atoms with Crippen molar-refractivity contribution >= 4 is 11.3 Å². The Kier molecular flexibility index (Phi) is 1.72. The zero-order valence-corrected chi connectivity index (χ0v) is 5.72. The summed E-state index contributed by atoms with van der Waals surface area (Å²) in [6, 6.07) is 2.39. The first-order valence-corrected chi connectivity index (χ1v) is 3.31. The Morgan fingerprint density at radius 2 is 1.90 bits per heavy atom. The van der Waals surface area contributed by atoms with Crippen LogP contribution in [0.3, 0.4) is 0 Å². The Labute approximate surface area is 60.3 Å². The molecule has 0 bridgehead atoms. The Bertz CT molecular complexity index is 223. The highest BCUT2D eigenvalue weighted by molar-refractivity contribution is 7.12. The molecule has 0 atom stereocenters. The predicted molar refractivity (Wildman–Crippen MR) is 33.8 cm³/mol. The summed E-state index contributed by atoms with van der Waals surface area (Å²) >= 11 is 0.659. The highest BCUT2D eigenvalue weighted by Crippen LogP contribution is 2.33. The maximum absolute atomic E-state index is 11.8. The van der Waals surface area contributed by atoms with Crippen LogP contribution in [0.2, 0.25) is 0 Å². The van der Waals surface area contributed by atoms with E-state index in [-0.39, 0.29) is 0 Å². The molecule has 1 rings (SSSR count). The zero-order chi connectivity index (χ0) is 7.78. The van der Waals surface area contributed by atoms with Gasteiger partial charge in [-0.3, -0.25) is 0 Å². The van der Waals surface area contributed by atoms with Crippen LogP contribution in [0, 0.1) is 6.92 Å². The van der Waals surface area contributed by atoms with Crippen molar-refractivity contribution < 1.29 is 13.2 Å². The number of alkyl halides is 3. The number of thiophene rings is 1. The monoisotopic (exact) mass is 165 g/mol. The smallest absolute Gasteiger partial charge is 0.165 e. The minimum absolute atomic E-state index is 0.437. The summed E-state index contributed by atoms with van der Waals surface area (Å²) < 4.78 is 35.4. The number of hydrogen-bond donors (Lipinski definition) is 0. The van der Waals surface area contributed by atoms with E-state index in [9.17, 15) is 13.2 Å². The normalized spacial score (nSPS) is 12.0. The molecular weight excluding hydrogens is 161 g/mol. The van der Waals surface area contributed by atoms with Gasteiger partial charge in [0.05, 0.1) is 0 Å². The van der Waals surface area contributed by atoms with Crippen LogP contribution in [-0.2, 0) is 6.18 Å². The fourth-order valence-corrected chi connectivity index (χ4v) is 1.20. The quantitative estimate of drug-likeness (QED) is 0.554. The first-order valence-electron chi connectivity index (χ1n) is 2.49. The van der Waals surface area contributed by atoms with Crippen LogP contribution in [0.4, 0.5) is 13.2 Å². The van der Waals surface area contributed by atoms with Crippen LogP contribution in [0.25, 0.3) is 0 Å². The highest BCUT2D eigenvalue weighted by Gasteiger charge is 2.31. The molecule has 0 spiro atoms. The zero-order valence-electron chi connectivity index (χ0n) is 4.90. The molecule has 0 unspecified atom stereocenters. The second-order valence-electron chi connectivity index (χ2n) is 1.76. The van der Waals surface area contributed by atoms with E-state index < -0.39 is 11.1 Å². The second-order valence-corrected chi connectivity index (χ2v) is 2.93. The predicted octanol–water partition coefficient (Wildman–Crippen LogP) is 2.95. The first kappa shape index (κ1) is 7.60. The van der Waals surface area contributed by atoms with Gasteiger partial charge in [-0.05, 0) is 19.1 Å². The molecule has 0 amide bonds. The molecule has 1 heterocycles. The van der Waals surface area contributed by atoms with Crippen LogP contribution in [-0.4, -0.2) is 0 Å². The first-order chi connectivity index (χ1) is 4.50. The Morgan fingerprint density at radius 3 is 2.10 bits per heavy atom. The van der Waals surface area contributed by atoms with Crippen LogP contribution >= 0.6 is 11.3 Å². The Balaban J connectivity index is 2.96. The molecular formula is C6H4F3S. The minimum Gasteiger partial charge on any atom is -0.165 e. The molecule has 0 aromatic carbocycles. The molecule has 0 fully saturated rings. The Morgan fingerprint density at radius 1 is 1.30 bits per heavy atom. The standard InChI is InChI=1S/C6H4F3S/c1-4-2-3-5(10-4)6(7,8)9/h2-3H,1H2. The van der Waals surface area contributed by atoms with Crippen LogP contribution < -0.4 is 0 Å². The molecule has 0 nitrogen and oxygen atoms in total. The average Bonchev–Trinajstić information content (AvgIpc) is 2.11. The lowest BCUT2D eigenvalue weighted by molar-refractivity contribution is -0.134. The maximum Gasteiger partial charge on any atom is 0.425 e. The molecule has 0 saturated carbocycles. The van der Waals surface area contributed by atoms with Gasteiger partial charge in [0.15, 0.2) is 0 Å². The summed E-state index contributed by atoms with van der Waals surface area (Å²) in [6.07, 6.45) is -4.21. The summed E-state index contributed by atoms with van der Waals surface area (Å²) in [6.45, 7) is 3.37. The maximum atomic E-state index is 11.8. The molecule has 1 radical (unpaired) electrons. The van der Waals surface area contributed by atoms with E-state index in [1.165, 1.54) is 6.07 Å².